The van der Waals surface area contributed by atoms with Gasteiger partial charge in [0.2, 0.25) is 0 Å². The van der Waals surface area contributed by atoms with Crippen molar-refractivity contribution in [1.82, 2.24) is 4.57 Å². The van der Waals surface area contributed by atoms with Crippen LogP contribution in [0.5, 0.6) is 0 Å². The van der Waals surface area contributed by atoms with Crippen LogP contribution in [0.25, 0.3) is 212 Å². The molecule has 0 N–H and O–H groups in total. The first-order valence-corrected chi connectivity index (χ1v) is 38.3. The van der Waals surface area contributed by atoms with Gasteiger partial charge in [0.1, 0.15) is 11.2 Å². The molecule has 2 nitrogen and oxygen atoms in total. The van der Waals surface area contributed by atoms with Crippen molar-refractivity contribution < 1.29 is 4.42 Å². The molecule has 0 spiro atoms. The molecule has 3 heterocycles. The second-order valence-electron chi connectivity index (χ2n) is 28.3. The third kappa shape index (κ3) is 10.6. The van der Waals surface area contributed by atoms with Gasteiger partial charge in [0, 0.05) is 64.1 Å². The van der Waals surface area contributed by atoms with Crippen LogP contribution in [-0.2, 0) is 0 Å². The third-order valence-electron chi connectivity index (χ3n) is 22.3. The van der Waals surface area contributed by atoms with E-state index in [0.29, 0.717) is 0 Å². The zero-order valence-electron chi connectivity index (χ0n) is 59.4. The Balaban J connectivity index is 0.000000104. The molecule has 0 atom stereocenters. The molecule has 23 rings (SSSR count). The topological polar surface area (TPSA) is 18.1 Å². The molecule has 109 heavy (non-hydrogen) atoms. The molecule has 0 bridgehead atoms. The molecule has 0 saturated carbocycles. The minimum Gasteiger partial charge on any atom is -0.455 e. The number of hydrogen-bond acceptors (Lipinski definition) is 2. The van der Waals surface area contributed by atoms with Crippen LogP contribution in [0.1, 0.15) is 0 Å². The van der Waals surface area contributed by atoms with E-state index in [4.69, 9.17) is 4.42 Å². The van der Waals surface area contributed by atoms with E-state index in [1.165, 1.54) is 184 Å². The van der Waals surface area contributed by atoms with Gasteiger partial charge in [-0.25, -0.2) is 0 Å². The second-order valence-corrected chi connectivity index (χ2v) is 29.3. The highest BCUT2D eigenvalue weighted by molar-refractivity contribution is 7.26. The monoisotopic (exact) mass is 1400 g/mol. The van der Waals surface area contributed by atoms with Gasteiger partial charge in [-0.1, -0.05) is 364 Å². The zero-order valence-corrected chi connectivity index (χ0v) is 60.3. The molecule has 0 amide bonds. The number of aromatic nitrogens is 1. The number of nitrogens with zero attached hydrogens (tertiary/aromatic N) is 1. The Kier molecular flexibility index (Phi) is 15.5. The average Bonchev–Trinajstić information content (AvgIpc) is 1.21. The molecule has 0 aliphatic carbocycles. The fourth-order valence-electron chi connectivity index (χ4n) is 17.6. The van der Waals surface area contributed by atoms with Crippen molar-refractivity contribution in [3.8, 4) is 72.4 Å². The standard InChI is InChI=1S/C38H25N.C36H22S.C32H20O/c1-2-12-26(13-3-1)37-31-16-4-6-18-33(31)38(34-19-7-5-17-32(34)37)27-22-24-28(25-23-27)39-35-20-10-8-14-29(35)30-15-9-11-21-36(30)39;1-2-11-24-22-25(21-20-23(24)10-1)34-27-13-3-5-15-29(27)35(30-16-6-4-14-28(30)34)32-18-9-17-31-26-12-7-8-19-33(26)37-36(31)32;1-2-11-21(12-3-1)30-23-14-4-6-16-25(23)31(26-17-7-5-15-24(26)30)28-19-10-18-27-22-13-8-9-20-29(22)33-32(27)28/h1-25H;1-22H;1-20H. The van der Waals surface area contributed by atoms with Gasteiger partial charge in [0.25, 0.3) is 0 Å². The lowest BCUT2D eigenvalue weighted by Gasteiger charge is -2.18. The first-order chi connectivity index (χ1) is 54.1. The zero-order chi connectivity index (χ0) is 71.9. The van der Waals surface area contributed by atoms with Crippen LogP contribution < -0.4 is 0 Å². The van der Waals surface area contributed by atoms with Gasteiger partial charge in [0.05, 0.1) is 11.0 Å². The van der Waals surface area contributed by atoms with E-state index in [-0.39, 0.29) is 0 Å². The van der Waals surface area contributed by atoms with Gasteiger partial charge < -0.3 is 8.98 Å². The minimum atomic E-state index is 0.925. The summed E-state index contributed by atoms with van der Waals surface area (Å²) in [6, 6.07) is 147. The maximum absolute atomic E-state index is 6.45. The fourth-order valence-corrected chi connectivity index (χ4v) is 18.9. The number of furan rings is 1. The highest BCUT2D eigenvalue weighted by atomic mass is 32.1. The van der Waals surface area contributed by atoms with E-state index >= 15 is 0 Å². The fraction of sp³-hybridized carbons (Fsp3) is 0. The summed E-state index contributed by atoms with van der Waals surface area (Å²) in [7, 11) is 0. The van der Waals surface area contributed by atoms with E-state index in [9.17, 15) is 0 Å². The smallest absolute Gasteiger partial charge is 0.143 e. The number of para-hydroxylation sites is 4. The van der Waals surface area contributed by atoms with Crippen molar-refractivity contribution in [2.45, 2.75) is 0 Å². The lowest BCUT2D eigenvalue weighted by atomic mass is 9.85. The minimum absolute atomic E-state index is 0.925. The Morgan fingerprint density at radius 3 is 1.04 bits per heavy atom. The summed E-state index contributed by atoms with van der Waals surface area (Å²) in [6.45, 7) is 0. The van der Waals surface area contributed by atoms with Gasteiger partial charge in [0.15, 0.2) is 0 Å². The molecular formula is C106H67NOS. The number of fused-ring (bicyclic) bond motifs is 16. The van der Waals surface area contributed by atoms with E-state index in [0.717, 1.165) is 27.5 Å². The molecule has 23 aromatic rings. The third-order valence-corrected chi connectivity index (χ3v) is 23.5. The number of thiophene rings is 1. The molecule has 0 aliphatic rings. The predicted octanol–water partition coefficient (Wildman–Crippen LogP) is 30.5. The van der Waals surface area contributed by atoms with Crippen LogP contribution in [0.4, 0.5) is 0 Å². The molecule has 3 heteroatoms. The molecular weight excluding hydrogens is 1340 g/mol. The van der Waals surface area contributed by atoms with E-state index in [1.54, 1.807) is 0 Å². The molecule has 20 aromatic carbocycles. The van der Waals surface area contributed by atoms with E-state index < -0.39 is 0 Å². The van der Waals surface area contributed by atoms with Crippen LogP contribution in [0.2, 0.25) is 0 Å². The summed E-state index contributed by atoms with van der Waals surface area (Å²) in [6.07, 6.45) is 0. The van der Waals surface area contributed by atoms with Crippen molar-refractivity contribution in [2.24, 2.45) is 0 Å². The van der Waals surface area contributed by atoms with Crippen LogP contribution in [0, 0.1) is 0 Å². The summed E-state index contributed by atoms with van der Waals surface area (Å²) in [5.41, 5.74) is 20.7. The van der Waals surface area contributed by atoms with Crippen molar-refractivity contribution in [3.63, 3.8) is 0 Å². The molecule has 3 aromatic heterocycles. The van der Waals surface area contributed by atoms with E-state index in [2.05, 4.69) is 399 Å². The van der Waals surface area contributed by atoms with Crippen molar-refractivity contribution in [3.05, 3.63) is 406 Å². The summed E-state index contributed by atoms with van der Waals surface area (Å²) < 4.78 is 11.5. The molecule has 0 saturated heterocycles. The molecule has 0 fully saturated rings. The van der Waals surface area contributed by atoms with Gasteiger partial charge >= 0.3 is 0 Å². The quantitative estimate of drug-likeness (QED) is 0.145. The van der Waals surface area contributed by atoms with E-state index in [1.807, 2.05) is 23.5 Å². The van der Waals surface area contributed by atoms with Crippen LogP contribution in [-0.4, -0.2) is 4.57 Å². The first-order valence-electron chi connectivity index (χ1n) is 37.5. The Morgan fingerprint density at radius 1 is 0.202 bits per heavy atom. The van der Waals surface area contributed by atoms with Crippen molar-refractivity contribution in [1.29, 1.82) is 0 Å². The van der Waals surface area contributed by atoms with Crippen LogP contribution in [0.15, 0.2) is 411 Å². The van der Waals surface area contributed by atoms with Crippen molar-refractivity contribution >= 4 is 151 Å². The lowest BCUT2D eigenvalue weighted by Crippen LogP contribution is -1.94. The van der Waals surface area contributed by atoms with Gasteiger partial charge in [-0.3, -0.25) is 0 Å². The summed E-state index contributed by atoms with van der Waals surface area (Å²) in [5, 5.41) is 25.4. The normalized spacial score (nSPS) is 11.7. The molecule has 0 aliphatic heterocycles. The molecule has 0 unspecified atom stereocenters. The van der Waals surface area contributed by atoms with Gasteiger partial charge in [-0.2, -0.15) is 0 Å². The maximum Gasteiger partial charge on any atom is 0.143 e. The Bertz CT molecular complexity index is 7300. The Labute approximate surface area is 634 Å². The number of hydrogen-bond donors (Lipinski definition) is 0. The summed E-state index contributed by atoms with van der Waals surface area (Å²) in [4.78, 5) is 0. The maximum atomic E-state index is 6.45. The number of benzene rings is 20. The summed E-state index contributed by atoms with van der Waals surface area (Å²) >= 11 is 1.90. The Hall–Kier alpha value is -14.0. The van der Waals surface area contributed by atoms with Crippen molar-refractivity contribution in [2.75, 3.05) is 0 Å². The lowest BCUT2D eigenvalue weighted by molar-refractivity contribution is 0.670. The highest BCUT2D eigenvalue weighted by Gasteiger charge is 2.24. The molecule has 508 valence electrons. The largest absolute Gasteiger partial charge is 0.455 e. The predicted molar refractivity (Wildman–Crippen MR) is 469 cm³/mol. The Morgan fingerprint density at radius 2 is 0.541 bits per heavy atom. The highest BCUT2D eigenvalue weighted by Crippen LogP contribution is 2.51. The average molecular weight is 1400 g/mol. The molecule has 0 radical (unpaired) electrons. The van der Waals surface area contributed by atoms with Crippen LogP contribution >= 0.6 is 11.3 Å². The first kappa shape index (κ1) is 63.5. The van der Waals surface area contributed by atoms with Crippen LogP contribution in [0.3, 0.4) is 0 Å². The van der Waals surface area contributed by atoms with Gasteiger partial charge in [-0.15, -0.1) is 11.3 Å². The second kappa shape index (κ2) is 26.6. The number of rotatable bonds is 7. The van der Waals surface area contributed by atoms with Gasteiger partial charge in [-0.05, 0) is 168 Å². The summed E-state index contributed by atoms with van der Waals surface area (Å²) in [5.74, 6) is 0. The SMILES string of the molecule is c1ccc(-c2c3ccccc3c(-c3ccc(-n4c5ccccc5c5ccccc54)cc3)c3ccccc23)cc1.c1ccc(-c2c3ccccc3c(-c3cccc4c3oc3ccccc34)c3ccccc23)cc1.c1ccc2cc(-c3c4ccccc4c(-c4cccc5c4sc4ccccc45)c4ccccc34)ccc2c1.